The van der Waals surface area contributed by atoms with Crippen molar-refractivity contribution in [3.63, 3.8) is 0 Å². The zero-order chi connectivity index (χ0) is 13.7. The largest absolute Gasteiger partial charge is 0.465 e. The number of piperidine rings is 2. The van der Waals surface area contributed by atoms with E-state index in [-0.39, 0.29) is 5.97 Å². The first-order valence-electron chi connectivity index (χ1n) is 7.89. The van der Waals surface area contributed by atoms with Gasteiger partial charge in [0.2, 0.25) is 0 Å². The van der Waals surface area contributed by atoms with Crippen LogP contribution in [0.15, 0.2) is 0 Å². The Morgan fingerprint density at radius 2 is 1.95 bits per heavy atom. The number of nitrogens with zero attached hydrogens (tertiary/aromatic N) is 1. The van der Waals surface area contributed by atoms with Crippen molar-refractivity contribution in [2.75, 3.05) is 19.7 Å². The van der Waals surface area contributed by atoms with Gasteiger partial charge >= 0.3 is 5.97 Å². The molecular weight excluding hydrogens is 240 g/mol. The predicted octanol–water partition coefficient (Wildman–Crippen LogP) is 1.93. The van der Waals surface area contributed by atoms with Crippen LogP contribution in [0.5, 0.6) is 0 Å². The molecule has 0 radical (unpaired) electrons. The minimum absolute atomic E-state index is 0.0561. The summed E-state index contributed by atoms with van der Waals surface area (Å²) >= 11 is 0. The lowest BCUT2D eigenvalue weighted by Gasteiger charge is -2.48. The summed E-state index contributed by atoms with van der Waals surface area (Å²) in [5.41, 5.74) is 0. The first kappa shape index (κ1) is 14.8. The lowest BCUT2D eigenvalue weighted by atomic mass is 9.81. The van der Waals surface area contributed by atoms with E-state index in [0.29, 0.717) is 31.3 Å². The maximum Gasteiger partial charge on any atom is 0.320 e. The molecule has 4 heteroatoms. The fraction of sp³-hybridized carbons (Fsp3) is 0.933. The average Bonchev–Trinajstić information content (AvgIpc) is 2.37. The summed E-state index contributed by atoms with van der Waals surface area (Å²) in [4.78, 5) is 14.1. The summed E-state index contributed by atoms with van der Waals surface area (Å²) in [5, 5.41) is 3.66. The number of hydrogen-bond acceptors (Lipinski definition) is 4. The topological polar surface area (TPSA) is 41.6 Å². The van der Waals surface area contributed by atoms with E-state index in [4.69, 9.17) is 4.74 Å². The first-order valence-corrected chi connectivity index (χ1v) is 7.89. The first-order chi connectivity index (χ1) is 9.24. The van der Waals surface area contributed by atoms with E-state index in [9.17, 15) is 4.79 Å². The van der Waals surface area contributed by atoms with Crippen molar-refractivity contribution in [2.24, 2.45) is 0 Å². The van der Waals surface area contributed by atoms with Crippen molar-refractivity contribution in [1.82, 2.24) is 10.2 Å². The summed E-state index contributed by atoms with van der Waals surface area (Å²) in [5.74, 6) is -0.0561. The minimum atomic E-state index is -0.0561. The number of carbonyl (C=O) groups is 1. The van der Waals surface area contributed by atoms with Crippen LogP contribution in [0.3, 0.4) is 0 Å². The summed E-state index contributed by atoms with van der Waals surface area (Å²) in [6.45, 7) is 6.18. The van der Waals surface area contributed by atoms with E-state index in [2.05, 4.69) is 17.1 Å². The Bertz CT molecular complexity index is 282. The lowest BCUT2D eigenvalue weighted by Crippen LogP contribution is -2.57. The van der Waals surface area contributed by atoms with Crippen molar-refractivity contribution in [1.29, 1.82) is 0 Å². The highest BCUT2D eigenvalue weighted by Crippen LogP contribution is 2.33. The second-order valence-corrected chi connectivity index (χ2v) is 5.84. The molecule has 0 saturated carbocycles. The van der Waals surface area contributed by atoms with E-state index < -0.39 is 0 Å². The Morgan fingerprint density at radius 1 is 1.26 bits per heavy atom. The molecule has 0 amide bonds. The third kappa shape index (κ3) is 3.93. The molecule has 0 aliphatic carbocycles. The van der Waals surface area contributed by atoms with Crippen molar-refractivity contribution >= 4 is 5.97 Å². The molecule has 2 rings (SSSR count). The summed E-state index contributed by atoms with van der Waals surface area (Å²) in [7, 11) is 0. The Labute approximate surface area is 116 Å². The van der Waals surface area contributed by atoms with E-state index in [1.165, 1.54) is 38.5 Å². The smallest absolute Gasteiger partial charge is 0.320 e. The van der Waals surface area contributed by atoms with Gasteiger partial charge in [-0.25, -0.2) is 0 Å². The minimum Gasteiger partial charge on any atom is -0.465 e. The molecule has 2 fully saturated rings. The van der Waals surface area contributed by atoms with Gasteiger partial charge in [0.15, 0.2) is 0 Å². The maximum atomic E-state index is 11.7. The SMILES string of the molecule is CCCNC1CC2CCCC(C1)N2CC(=O)OCC. The van der Waals surface area contributed by atoms with Crippen molar-refractivity contribution < 1.29 is 9.53 Å². The molecule has 19 heavy (non-hydrogen) atoms. The number of hydrogen-bond donors (Lipinski definition) is 1. The molecule has 2 unspecified atom stereocenters. The van der Waals surface area contributed by atoms with Gasteiger partial charge in [-0.3, -0.25) is 9.69 Å². The number of rotatable bonds is 6. The fourth-order valence-electron chi connectivity index (χ4n) is 3.61. The number of fused-ring (bicyclic) bond motifs is 2. The molecule has 4 nitrogen and oxygen atoms in total. The highest BCUT2D eigenvalue weighted by molar-refractivity contribution is 5.71. The molecule has 0 aromatic rings. The van der Waals surface area contributed by atoms with Gasteiger partial charge in [0, 0.05) is 18.1 Å². The molecule has 1 N–H and O–H groups in total. The third-order valence-corrected chi connectivity index (χ3v) is 4.43. The van der Waals surface area contributed by atoms with Crippen LogP contribution >= 0.6 is 0 Å². The molecule has 0 aromatic heterocycles. The second-order valence-electron chi connectivity index (χ2n) is 5.84. The summed E-state index contributed by atoms with van der Waals surface area (Å²) in [6.07, 6.45) is 7.36. The molecular formula is C15H28N2O2. The van der Waals surface area contributed by atoms with Crippen molar-refractivity contribution in [3.8, 4) is 0 Å². The second kappa shape index (κ2) is 7.25. The van der Waals surface area contributed by atoms with Crippen molar-refractivity contribution in [2.45, 2.75) is 70.5 Å². The molecule has 0 spiro atoms. The van der Waals surface area contributed by atoms with Crippen LogP contribution < -0.4 is 5.32 Å². The van der Waals surface area contributed by atoms with Crippen LogP contribution in [-0.4, -0.2) is 48.7 Å². The fourth-order valence-corrected chi connectivity index (χ4v) is 3.61. The molecule has 2 aliphatic heterocycles. The molecule has 2 saturated heterocycles. The summed E-state index contributed by atoms with van der Waals surface area (Å²) in [6, 6.07) is 1.80. The van der Waals surface area contributed by atoms with Crippen LogP contribution in [0.25, 0.3) is 0 Å². The van der Waals surface area contributed by atoms with E-state index >= 15 is 0 Å². The summed E-state index contributed by atoms with van der Waals surface area (Å²) < 4.78 is 5.11. The number of carbonyl (C=O) groups excluding carboxylic acids is 1. The standard InChI is InChI=1S/C15H28N2O2/c1-3-8-16-12-9-13-6-5-7-14(10-12)17(13)11-15(18)19-4-2/h12-14,16H,3-11H2,1-2H3. The van der Waals surface area contributed by atoms with Crippen LogP contribution in [0.2, 0.25) is 0 Å². The number of nitrogens with one attached hydrogen (secondary N) is 1. The number of esters is 1. The van der Waals surface area contributed by atoms with Gasteiger partial charge in [0.1, 0.15) is 0 Å². The predicted molar refractivity (Wildman–Crippen MR) is 76.1 cm³/mol. The van der Waals surface area contributed by atoms with E-state index in [0.717, 1.165) is 6.54 Å². The van der Waals surface area contributed by atoms with Crippen LogP contribution in [0, 0.1) is 0 Å². The van der Waals surface area contributed by atoms with Crippen LogP contribution in [0.4, 0.5) is 0 Å². The van der Waals surface area contributed by atoms with Gasteiger partial charge in [-0.1, -0.05) is 13.3 Å². The Hall–Kier alpha value is -0.610. The quantitative estimate of drug-likeness (QED) is 0.748. The zero-order valence-corrected chi connectivity index (χ0v) is 12.4. The maximum absolute atomic E-state index is 11.7. The lowest BCUT2D eigenvalue weighted by molar-refractivity contribution is -0.147. The molecule has 2 heterocycles. The average molecular weight is 268 g/mol. The van der Waals surface area contributed by atoms with Crippen LogP contribution in [0.1, 0.15) is 52.4 Å². The van der Waals surface area contributed by atoms with Gasteiger partial charge in [0.05, 0.1) is 13.2 Å². The van der Waals surface area contributed by atoms with Crippen LogP contribution in [-0.2, 0) is 9.53 Å². The Balaban J connectivity index is 1.89. The normalized spacial score (nSPS) is 31.2. The zero-order valence-electron chi connectivity index (χ0n) is 12.4. The highest BCUT2D eigenvalue weighted by Gasteiger charge is 2.38. The Morgan fingerprint density at radius 3 is 2.53 bits per heavy atom. The van der Waals surface area contributed by atoms with E-state index in [1.807, 2.05) is 6.92 Å². The van der Waals surface area contributed by atoms with Gasteiger partial charge in [-0.05, 0) is 45.6 Å². The van der Waals surface area contributed by atoms with Gasteiger partial charge in [0.25, 0.3) is 0 Å². The molecule has 2 bridgehead atoms. The van der Waals surface area contributed by atoms with E-state index in [1.54, 1.807) is 0 Å². The van der Waals surface area contributed by atoms with Crippen molar-refractivity contribution in [3.05, 3.63) is 0 Å². The monoisotopic (exact) mass is 268 g/mol. The molecule has 2 aliphatic rings. The molecule has 110 valence electrons. The molecule has 0 aromatic carbocycles. The highest BCUT2D eigenvalue weighted by atomic mass is 16.5. The Kier molecular flexibility index (Phi) is 5.64. The number of ether oxygens (including phenoxy) is 1. The van der Waals surface area contributed by atoms with Gasteiger partial charge in [-0.2, -0.15) is 0 Å². The third-order valence-electron chi connectivity index (χ3n) is 4.43. The molecule has 2 atom stereocenters. The van der Waals surface area contributed by atoms with Gasteiger partial charge in [-0.15, -0.1) is 0 Å². The van der Waals surface area contributed by atoms with Gasteiger partial charge < -0.3 is 10.1 Å².